The molecule has 1 fully saturated rings. The van der Waals surface area contributed by atoms with Gasteiger partial charge in [-0.05, 0) is 39.8 Å². The van der Waals surface area contributed by atoms with Crippen LogP contribution in [0.5, 0.6) is 0 Å². The molecule has 0 atom stereocenters. The lowest BCUT2D eigenvalue weighted by Crippen LogP contribution is -2.37. The van der Waals surface area contributed by atoms with Crippen LogP contribution in [0.15, 0.2) is 16.8 Å². The van der Waals surface area contributed by atoms with Gasteiger partial charge in [0.05, 0.1) is 6.20 Å². The molecule has 2 heterocycles. The number of aromatic nitrogens is 1. The fourth-order valence-corrected chi connectivity index (χ4v) is 2.14. The topological polar surface area (TPSA) is 29.3 Å². The zero-order valence-corrected chi connectivity index (χ0v) is 8.94. The molecule has 1 aliphatic rings. The summed E-state index contributed by atoms with van der Waals surface area (Å²) in [6.07, 6.45) is 4.14. The molecule has 0 spiro atoms. The van der Waals surface area contributed by atoms with E-state index in [1.165, 1.54) is 25.9 Å². The number of rotatable bonds is 2. The van der Waals surface area contributed by atoms with E-state index in [2.05, 4.69) is 23.9 Å². The Morgan fingerprint density at radius 1 is 1.43 bits per heavy atom. The Labute approximate surface area is 85.1 Å². The van der Waals surface area contributed by atoms with Crippen LogP contribution in [-0.4, -0.2) is 29.2 Å². The third-order valence-electron chi connectivity index (χ3n) is 3.12. The molecular formula is C11H18N2O. The Balaban J connectivity index is 1.90. The van der Waals surface area contributed by atoms with Crippen molar-refractivity contribution >= 4 is 0 Å². The number of piperidine rings is 1. The molecule has 2 rings (SSSR count). The largest absolute Gasteiger partial charge is 0.361 e. The molecule has 3 nitrogen and oxygen atoms in total. The average molecular weight is 194 g/mol. The van der Waals surface area contributed by atoms with Gasteiger partial charge in [0.2, 0.25) is 0 Å². The molecule has 0 N–H and O–H groups in total. The van der Waals surface area contributed by atoms with Gasteiger partial charge < -0.3 is 9.42 Å². The van der Waals surface area contributed by atoms with Gasteiger partial charge in [-0.15, -0.1) is 0 Å². The highest BCUT2D eigenvalue weighted by Crippen LogP contribution is 2.28. The highest BCUT2D eigenvalue weighted by Gasteiger charge is 2.23. The molecule has 1 saturated heterocycles. The molecular weight excluding hydrogens is 176 g/mol. The van der Waals surface area contributed by atoms with E-state index in [1.807, 2.05) is 6.07 Å². The first-order valence-electron chi connectivity index (χ1n) is 5.42. The standard InChI is InChI=1S/C11H18N2O/c1-9(2)13-7-4-10(5-8-13)11-3-6-12-14-11/h3,6,9-10H,4-5,7-8H2,1-2H3. The minimum atomic E-state index is 0.590. The summed E-state index contributed by atoms with van der Waals surface area (Å²) in [6.45, 7) is 6.88. The van der Waals surface area contributed by atoms with Crippen LogP contribution in [0.25, 0.3) is 0 Å². The van der Waals surface area contributed by atoms with E-state index in [9.17, 15) is 0 Å². The highest BCUT2D eigenvalue weighted by atomic mass is 16.5. The Bertz CT molecular complexity index is 261. The second-order valence-electron chi connectivity index (χ2n) is 4.32. The molecule has 0 unspecified atom stereocenters. The van der Waals surface area contributed by atoms with Gasteiger partial charge in [-0.25, -0.2) is 0 Å². The van der Waals surface area contributed by atoms with Crippen LogP contribution in [0.3, 0.4) is 0 Å². The molecule has 3 heteroatoms. The van der Waals surface area contributed by atoms with Gasteiger partial charge in [0.15, 0.2) is 0 Å². The molecule has 0 aliphatic carbocycles. The monoisotopic (exact) mass is 194 g/mol. The molecule has 14 heavy (non-hydrogen) atoms. The predicted octanol–water partition coefficient (Wildman–Crippen LogP) is 2.26. The van der Waals surface area contributed by atoms with Crippen molar-refractivity contribution in [3.05, 3.63) is 18.0 Å². The van der Waals surface area contributed by atoms with Crippen LogP contribution in [0.2, 0.25) is 0 Å². The fraction of sp³-hybridized carbons (Fsp3) is 0.727. The summed E-state index contributed by atoms with van der Waals surface area (Å²) in [6, 6.07) is 2.67. The summed E-state index contributed by atoms with van der Waals surface area (Å²) in [5, 5.41) is 3.76. The average Bonchev–Trinajstić information content (AvgIpc) is 2.71. The summed E-state index contributed by atoms with van der Waals surface area (Å²) in [5.41, 5.74) is 0. The second-order valence-corrected chi connectivity index (χ2v) is 4.32. The number of hydrogen-bond acceptors (Lipinski definition) is 3. The van der Waals surface area contributed by atoms with Crippen LogP contribution in [-0.2, 0) is 0 Å². The summed E-state index contributed by atoms with van der Waals surface area (Å²) in [4.78, 5) is 2.52. The first-order chi connectivity index (χ1) is 6.77. The van der Waals surface area contributed by atoms with Gasteiger partial charge in [0.25, 0.3) is 0 Å². The fourth-order valence-electron chi connectivity index (χ4n) is 2.14. The van der Waals surface area contributed by atoms with E-state index in [0.29, 0.717) is 12.0 Å². The van der Waals surface area contributed by atoms with Gasteiger partial charge >= 0.3 is 0 Å². The Kier molecular flexibility index (Phi) is 2.87. The van der Waals surface area contributed by atoms with Crippen molar-refractivity contribution in [1.29, 1.82) is 0 Å². The lowest BCUT2D eigenvalue weighted by molar-refractivity contribution is 0.161. The lowest BCUT2D eigenvalue weighted by atomic mass is 9.94. The second kappa shape index (κ2) is 4.13. The smallest absolute Gasteiger partial charge is 0.139 e. The molecule has 0 radical (unpaired) electrons. The zero-order chi connectivity index (χ0) is 9.97. The van der Waals surface area contributed by atoms with E-state index in [-0.39, 0.29) is 0 Å². The molecule has 0 aromatic carbocycles. The lowest BCUT2D eigenvalue weighted by Gasteiger charge is -2.33. The molecule has 1 aromatic rings. The summed E-state index contributed by atoms with van der Waals surface area (Å²) in [5.74, 6) is 1.65. The van der Waals surface area contributed by atoms with Gasteiger partial charge in [0.1, 0.15) is 5.76 Å². The summed E-state index contributed by atoms with van der Waals surface area (Å²) >= 11 is 0. The van der Waals surface area contributed by atoms with Gasteiger partial charge in [-0.1, -0.05) is 5.16 Å². The predicted molar refractivity (Wildman–Crippen MR) is 55.2 cm³/mol. The normalized spacial score (nSPS) is 20.5. The molecule has 0 saturated carbocycles. The van der Waals surface area contributed by atoms with Crippen molar-refractivity contribution in [3.8, 4) is 0 Å². The Morgan fingerprint density at radius 2 is 2.14 bits per heavy atom. The number of hydrogen-bond donors (Lipinski definition) is 0. The van der Waals surface area contributed by atoms with Gasteiger partial charge in [-0.3, -0.25) is 0 Å². The van der Waals surface area contributed by atoms with Gasteiger partial charge in [-0.2, -0.15) is 0 Å². The van der Waals surface area contributed by atoms with Crippen LogP contribution < -0.4 is 0 Å². The van der Waals surface area contributed by atoms with E-state index in [1.54, 1.807) is 6.20 Å². The molecule has 78 valence electrons. The quantitative estimate of drug-likeness (QED) is 0.723. The first kappa shape index (κ1) is 9.71. The van der Waals surface area contributed by atoms with E-state index < -0.39 is 0 Å². The van der Waals surface area contributed by atoms with Crippen LogP contribution >= 0.6 is 0 Å². The molecule has 0 bridgehead atoms. The van der Waals surface area contributed by atoms with E-state index >= 15 is 0 Å². The van der Waals surface area contributed by atoms with Crippen molar-refractivity contribution in [2.24, 2.45) is 0 Å². The minimum absolute atomic E-state index is 0.590. The van der Waals surface area contributed by atoms with Crippen molar-refractivity contribution in [1.82, 2.24) is 10.1 Å². The summed E-state index contributed by atoms with van der Waals surface area (Å²) < 4.78 is 5.20. The maximum Gasteiger partial charge on any atom is 0.139 e. The first-order valence-corrected chi connectivity index (χ1v) is 5.42. The van der Waals surface area contributed by atoms with Crippen molar-refractivity contribution in [2.45, 2.75) is 38.6 Å². The van der Waals surface area contributed by atoms with Gasteiger partial charge in [0, 0.05) is 18.0 Å². The Morgan fingerprint density at radius 3 is 2.64 bits per heavy atom. The minimum Gasteiger partial charge on any atom is -0.361 e. The molecule has 0 amide bonds. The SMILES string of the molecule is CC(C)N1CCC(c2ccno2)CC1. The highest BCUT2D eigenvalue weighted by molar-refractivity contribution is 5.03. The summed E-state index contributed by atoms with van der Waals surface area (Å²) in [7, 11) is 0. The van der Waals surface area contributed by atoms with Crippen molar-refractivity contribution in [3.63, 3.8) is 0 Å². The third-order valence-corrected chi connectivity index (χ3v) is 3.12. The van der Waals surface area contributed by atoms with Crippen molar-refractivity contribution in [2.75, 3.05) is 13.1 Å². The zero-order valence-electron chi connectivity index (χ0n) is 8.94. The van der Waals surface area contributed by atoms with Crippen molar-refractivity contribution < 1.29 is 4.52 Å². The maximum atomic E-state index is 5.20. The van der Waals surface area contributed by atoms with E-state index in [4.69, 9.17) is 4.52 Å². The van der Waals surface area contributed by atoms with E-state index in [0.717, 1.165) is 5.76 Å². The Hall–Kier alpha value is -0.830. The molecule has 1 aliphatic heterocycles. The third kappa shape index (κ3) is 1.98. The molecule has 1 aromatic heterocycles. The number of nitrogens with zero attached hydrogens (tertiary/aromatic N) is 2. The maximum absolute atomic E-state index is 5.20. The van der Waals surface area contributed by atoms with Crippen LogP contribution in [0.1, 0.15) is 38.4 Å². The van der Waals surface area contributed by atoms with Crippen LogP contribution in [0.4, 0.5) is 0 Å². The number of likely N-dealkylation sites (tertiary alicyclic amines) is 1. The van der Waals surface area contributed by atoms with Crippen LogP contribution in [0, 0.1) is 0 Å².